The average Bonchev–Trinajstić information content (AvgIpc) is 2.35. The van der Waals surface area contributed by atoms with Crippen LogP contribution < -0.4 is 0 Å². The van der Waals surface area contributed by atoms with Crippen LogP contribution in [0.4, 0.5) is 0 Å². The molecule has 0 unspecified atom stereocenters. The number of aromatic nitrogens is 1. The lowest BCUT2D eigenvalue weighted by Gasteiger charge is -2.38. The van der Waals surface area contributed by atoms with Gasteiger partial charge in [0, 0.05) is 6.54 Å². The van der Waals surface area contributed by atoms with Gasteiger partial charge in [-0.1, -0.05) is 20.3 Å². The lowest BCUT2D eigenvalue weighted by atomic mass is 9.78. The van der Waals surface area contributed by atoms with Crippen LogP contribution in [0.25, 0.3) is 0 Å². The molecule has 1 aromatic heterocycles. The molecule has 1 fully saturated rings. The van der Waals surface area contributed by atoms with E-state index < -0.39 is 0 Å². The summed E-state index contributed by atoms with van der Waals surface area (Å²) >= 11 is 0. The van der Waals surface area contributed by atoms with Gasteiger partial charge in [0.25, 0.3) is 0 Å². The molecule has 0 saturated carbocycles. The van der Waals surface area contributed by atoms with Crippen LogP contribution >= 0.6 is 0 Å². The first-order valence-corrected chi connectivity index (χ1v) is 6.47. The van der Waals surface area contributed by atoms with Gasteiger partial charge in [0.05, 0.1) is 11.9 Å². The van der Waals surface area contributed by atoms with Crippen LogP contribution in [0.2, 0.25) is 0 Å². The number of aromatic hydroxyl groups is 1. The predicted octanol–water partition coefficient (Wildman–Crippen LogP) is 2.80. The summed E-state index contributed by atoms with van der Waals surface area (Å²) in [5, 5.41) is 9.19. The summed E-state index contributed by atoms with van der Waals surface area (Å²) in [6.07, 6.45) is 5.36. The van der Waals surface area contributed by atoms with Crippen LogP contribution in [0.1, 0.15) is 38.8 Å². The summed E-state index contributed by atoms with van der Waals surface area (Å²) in [5.41, 5.74) is 1.58. The summed E-state index contributed by atoms with van der Waals surface area (Å²) < 4.78 is 0. The third kappa shape index (κ3) is 3.19. The Labute approximate surface area is 103 Å². The zero-order valence-corrected chi connectivity index (χ0v) is 10.8. The van der Waals surface area contributed by atoms with Crippen molar-refractivity contribution in [2.45, 2.75) is 39.7 Å². The number of hydrogen-bond donors (Lipinski definition) is 1. The van der Waals surface area contributed by atoms with Crippen molar-refractivity contribution in [1.82, 2.24) is 9.88 Å². The third-order valence-electron chi connectivity index (χ3n) is 4.11. The van der Waals surface area contributed by atoms with E-state index in [0.717, 1.165) is 25.3 Å². The second kappa shape index (κ2) is 5.05. The van der Waals surface area contributed by atoms with E-state index in [1.165, 1.54) is 25.5 Å². The molecule has 2 heterocycles. The topological polar surface area (TPSA) is 36.4 Å². The highest BCUT2D eigenvalue weighted by molar-refractivity contribution is 5.17. The Morgan fingerprint density at radius 1 is 1.35 bits per heavy atom. The number of piperidine rings is 1. The monoisotopic (exact) mass is 234 g/mol. The Bertz CT molecular complexity index is 353. The Kier molecular flexibility index (Phi) is 3.67. The molecule has 1 saturated heterocycles. The highest BCUT2D eigenvalue weighted by Crippen LogP contribution is 2.34. The summed E-state index contributed by atoms with van der Waals surface area (Å²) in [4.78, 5) is 6.69. The second-order valence-corrected chi connectivity index (χ2v) is 5.45. The average molecular weight is 234 g/mol. The van der Waals surface area contributed by atoms with Crippen molar-refractivity contribution in [3.63, 3.8) is 0 Å². The Morgan fingerprint density at radius 2 is 2.06 bits per heavy atom. The summed E-state index contributed by atoms with van der Waals surface area (Å²) in [5.74, 6) is 0.242. The zero-order chi connectivity index (χ0) is 12.3. The molecule has 0 bridgehead atoms. The maximum Gasteiger partial charge on any atom is 0.133 e. The Morgan fingerprint density at radius 3 is 2.59 bits per heavy atom. The van der Waals surface area contributed by atoms with E-state index in [4.69, 9.17) is 0 Å². The van der Waals surface area contributed by atoms with Crippen molar-refractivity contribution in [1.29, 1.82) is 0 Å². The highest BCUT2D eigenvalue weighted by atomic mass is 16.3. The van der Waals surface area contributed by atoms with Gasteiger partial charge < -0.3 is 5.11 Å². The second-order valence-electron chi connectivity index (χ2n) is 5.45. The van der Waals surface area contributed by atoms with Crippen LogP contribution in [0.15, 0.2) is 18.3 Å². The van der Waals surface area contributed by atoms with Crippen molar-refractivity contribution in [2.24, 2.45) is 5.41 Å². The van der Waals surface area contributed by atoms with Gasteiger partial charge in [-0.25, -0.2) is 0 Å². The Balaban J connectivity index is 1.88. The minimum Gasteiger partial charge on any atom is -0.506 e. The maximum absolute atomic E-state index is 9.19. The molecule has 2 rings (SSSR count). The van der Waals surface area contributed by atoms with E-state index in [1.54, 1.807) is 6.07 Å². The van der Waals surface area contributed by atoms with Crippen LogP contribution in [0, 0.1) is 5.41 Å². The van der Waals surface area contributed by atoms with Crippen LogP contribution in [0.3, 0.4) is 0 Å². The molecule has 94 valence electrons. The van der Waals surface area contributed by atoms with Gasteiger partial charge in [-0.2, -0.15) is 0 Å². The van der Waals surface area contributed by atoms with E-state index in [1.807, 2.05) is 6.07 Å². The van der Waals surface area contributed by atoms with Gasteiger partial charge in [-0.05, 0) is 43.5 Å². The van der Waals surface area contributed by atoms with Crippen molar-refractivity contribution in [3.05, 3.63) is 24.0 Å². The first kappa shape index (κ1) is 12.4. The number of pyridine rings is 1. The van der Waals surface area contributed by atoms with Gasteiger partial charge in [0.1, 0.15) is 5.75 Å². The van der Waals surface area contributed by atoms with Gasteiger partial charge in [0.2, 0.25) is 0 Å². The lowest BCUT2D eigenvalue weighted by Crippen LogP contribution is -2.38. The third-order valence-corrected chi connectivity index (χ3v) is 4.11. The van der Waals surface area contributed by atoms with Crippen molar-refractivity contribution in [3.8, 4) is 5.75 Å². The van der Waals surface area contributed by atoms with Crippen molar-refractivity contribution in [2.75, 3.05) is 13.1 Å². The molecule has 0 aliphatic carbocycles. The number of nitrogens with zero attached hydrogens (tertiary/aromatic N) is 2. The first-order valence-electron chi connectivity index (χ1n) is 6.47. The smallest absolute Gasteiger partial charge is 0.133 e. The molecular formula is C14H22N2O. The van der Waals surface area contributed by atoms with Gasteiger partial charge >= 0.3 is 0 Å². The summed E-state index contributed by atoms with van der Waals surface area (Å²) in [7, 11) is 0. The van der Waals surface area contributed by atoms with E-state index >= 15 is 0 Å². The SMILES string of the molecule is CCC1(C)CCN(Cc2ccc(O)cn2)CC1. The fourth-order valence-corrected chi connectivity index (χ4v) is 2.34. The minimum absolute atomic E-state index is 0.242. The predicted molar refractivity (Wildman–Crippen MR) is 68.8 cm³/mol. The summed E-state index contributed by atoms with van der Waals surface area (Å²) in [6, 6.07) is 3.62. The molecule has 0 radical (unpaired) electrons. The highest BCUT2D eigenvalue weighted by Gasteiger charge is 2.28. The molecule has 3 nitrogen and oxygen atoms in total. The number of likely N-dealkylation sites (tertiary alicyclic amines) is 1. The van der Waals surface area contributed by atoms with Gasteiger partial charge in [-0.15, -0.1) is 0 Å². The zero-order valence-electron chi connectivity index (χ0n) is 10.8. The molecule has 0 amide bonds. The molecule has 3 heteroatoms. The molecule has 1 aromatic rings. The normalized spacial score (nSPS) is 20.4. The quantitative estimate of drug-likeness (QED) is 0.873. The maximum atomic E-state index is 9.19. The summed E-state index contributed by atoms with van der Waals surface area (Å²) in [6.45, 7) is 7.90. The molecule has 0 atom stereocenters. The van der Waals surface area contributed by atoms with E-state index in [-0.39, 0.29) is 5.75 Å². The molecule has 1 aliphatic rings. The van der Waals surface area contributed by atoms with Crippen LogP contribution in [0.5, 0.6) is 5.75 Å². The molecule has 1 N–H and O–H groups in total. The molecule has 0 spiro atoms. The van der Waals surface area contributed by atoms with Crippen LogP contribution in [-0.4, -0.2) is 28.1 Å². The number of rotatable bonds is 3. The van der Waals surface area contributed by atoms with Gasteiger partial charge in [0.15, 0.2) is 0 Å². The van der Waals surface area contributed by atoms with E-state index in [9.17, 15) is 5.11 Å². The Hall–Kier alpha value is -1.09. The lowest BCUT2D eigenvalue weighted by molar-refractivity contribution is 0.108. The molecule has 17 heavy (non-hydrogen) atoms. The number of hydrogen-bond acceptors (Lipinski definition) is 3. The fraction of sp³-hybridized carbons (Fsp3) is 0.643. The molecular weight excluding hydrogens is 212 g/mol. The molecule has 0 aromatic carbocycles. The molecule has 1 aliphatic heterocycles. The largest absolute Gasteiger partial charge is 0.506 e. The first-order chi connectivity index (χ1) is 8.11. The van der Waals surface area contributed by atoms with Crippen molar-refractivity contribution >= 4 is 0 Å². The minimum atomic E-state index is 0.242. The van der Waals surface area contributed by atoms with Crippen LogP contribution in [-0.2, 0) is 6.54 Å². The van der Waals surface area contributed by atoms with Gasteiger partial charge in [-0.3, -0.25) is 9.88 Å². The standard InChI is InChI=1S/C14H22N2O/c1-3-14(2)6-8-16(9-7-14)11-12-4-5-13(17)10-15-12/h4-5,10,17H,3,6-9,11H2,1-2H3. The van der Waals surface area contributed by atoms with E-state index in [0.29, 0.717) is 5.41 Å². The van der Waals surface area contributed by atoms with Crippen molar-refractivity contribution < 1.29 is 5.11 Å². The van der Waals surface area contributed by atoms with E-state index in [2.05, 4.69) is 23.7 Å². The fourth-order valence-electron chi connectivity index (χ4n) is 2.34.